The molecule has 0 fully saturated rings. The van der Waals surface area contributed by atoms with Gasteiger partial charge in [0.2, 0.25) is 16.8 Å². The van der Waals surface area contributed by atoms with Crippen LogP contribution in [0.5, 0.6) is 0 Å². The van der Waals surface area contributed by atoms with Crippen molar-refractivity contribution < 1.29 is 30.9 Å². The molecule has 0 amide bonds. The Labute approximate surface area is 195 Å². The molecule has 1 unspecified atom stereocenters. The highest BCUT2D eigenvalue weighted by molar-refractivity contribution is 5.85. The van der Waals surface area contributed by atoms with Gasteiger partial charge in [-0.25, -0.2) is 18.6 Å². The lowest BCUT2D eigenvalue weighted by molar-refractivity contribution is -0.729. The molecule has 0 N–H and O–H groups in total. The Hall–Kier alpha value is -3.82. The summed E-state index contributed by atoms with van der Waals surface area (Å²) in [6, 6.07) is 3.89. The highest BCUT2D eigenvalue weighted by atomic mass is 19.4. The maximum Gasteiger partial charge on any atom is 0.422 e. The Bertz CT molecular complexity index is 1670. The normalized spacial score (nSPS) is 19.1. The van der Waals surface area contributed by atoms with Gasteiger partial charge in [-0.15, -0.1) is 0 Å². The van der Waals surface area contributed by atoms with Gasteiger partial charge in [0, 0.05) is 24.1 Å². The first kappa shape index (κ1) is 22.9. The van der Waals surface area contributed by atoms with Crippen molar-refractivity contribution in [1.82, 2.24) is 9.38 Å². The summed E-state index contributed by atoms with van der Waals surface area (Å²) in [6.07, 6.45) is -0.530. The van der Waals surface area contributed by atoms with E-state index in [-0.39, 0.29) is 34.3 Å². The molecule has 4 heterocycles. The fraction of sp³-hybridized carbons (Fsp3) is 0.240. The van der Waals surface area contributed by atoms with Crippen molar-refractivity contribution in [3.8, 4) is 11.3 Å². The average molecular weight is 488 g/mol. The van der Waals surface area contributed by atoms with E-state index in [2.05, 4.69) is 11.6 Å². The van der Waals surface area contributed by atoms with Crippen molar-refractivity contribution in [3.63, 3.8) is 0 Å². The monoisotopic (exact) mass is 488 g/mol. The molecular weight excluding hydrogens is 469 g/mol. The van der Waals surface area contributed by atoms with E-state index in [0.717, 1.165) is 0 Å². The van der Waals surface area contributed by atoms with Gasteiger partial charge in [0.25, 0.3) is 0 Å². The van der Waals surface area contributed by atoms with E-state index in [0.29, 0.717) is 17.3 Å². The zero-order valence-corrected chi connectivity index (χ0v) is 18.9. The Morgan fingerprint density at radius 1 is 1.26 bits per heavy atom. The van der Waals surface area contributed by atoms with Gasteiger partial charge < -0.3 is 4.42 Å². The number of hydrogen-bond donors (Lipinski definition) is 0. The molecule has 1 aromatic carbocycles. The maximum atomic E-state index is 15.7. The van der Waals surface area contributed by atoms with E-state index in [1.165, 1.54) is 22.9 Å². The number of aryl methyl sites for hydroxylation is 2. The molecule has 0 radical (unpaired) electrons. The predicted octanol–water partition coefficient (Wildman–Crippen LogP) is 4.38. The molecule has 4 aromatic rings. The van der Waals surface area contributed by atoms with Crippen LogP contribution in [0.1, 0.15) is 35.7 Å². The van der Waals surface area contributed by atoms with Crippen molar-refractivity contribution in [1.29, 1.82) is 0 Å². The Kier molecular flexibility index (Phi) is 4.81. The highest BCUT2D eigenvalue weighted by Gasteiger charge is 2.52. The topological polar surface area (TPSA) is 51.4 Å². The molecule has 5 nitrogen and oxygen atoms in total. The number of oxazole rings is 1. The third-order valence-corrected chi connectivity index (χ3v) is 6.64. The summed E-state index contributed by atoms with van der Waals surface area (Å²) < 4.78 is 80.1. The van der Waals surface area contributed by atoms with E-state index in [1.807, 2.05) is 0 Å². The molecule has 1 aliphatic rings. The van der Waals surface area contributed by atoms with E-state index < -0.39 is 40.1 Å². The van der Waals surface area contributed by atoms with Gasteiger partial charge in [0.15, 0.2) is 17.5 Å². The molecule has 0 saturated heterocycles. The first-order chi connectivity index (χ1) is 16.5. The van der Waals surface area contributed by atoms with Crippen LogP contribution in [0.4, 0.5) is 22.0 Å². The summed E-state index contributed by atoms with van der Waals surface area (Å²) in [5, 5.41) is 0. The van der Waals surface area contributed by atoms with E-state index in [1.54, 1.807) is 37.6 Å². The minimum Gasteiger partial charge on any atom is -0.403 e. The zero-order chi connectivity index (χ0) is 25.4. The van der Waals surface area contributed by atoms with Gasteiger partial charge >= 0.3 is 11.8 Å². The van der Waals surface area contributed by atoms with E-state index >= 15 is 4.39 Å². The van der Waals surface area contributed by atoms with Crippen LogP contribution >= 0.6 is 0 Å². The van der Waals surface area contributed by atoms with Crippen LogP contribution in [0.2, 0.25) is 0 Å². The van der Waals surface area contributed by atoms with Gasteiger partial charge in [-0.05, 0) is 31.6 Å². The summed E-state index contributed by atoms with van der Waals surface area (Å²) in [7, 11) is 0. The predicted molar refractivity (Wildman–Crippen MR) is 116 cm³/mol. The lowest BCUT2D eigenvalue weighted by Crippen LogP contribution is -2.60. The largest absolute Gasteiger partial charge is 0.422 e. The lowest BCUT2D eigenvalue weighted by Gasteiger charge is -2.33. The number of allylic oxidation sites excluding steroid dienone is 1. The number of pyridine rings is 1. The molecular formula is C25H19F5N3O2+. The summed E-state index contributed by atoms with van der Waals surface area (Å²) >= 11 is 0. The third kappa shape index (κ3) is 2.95. The van der Waals surface area contributed by atoms with Gasteiger partial charge in [-0.1, -0.05) is 13.5 Å². The van der Waals surface area contributed by atoms with Crippen LogP contribution in [-0.4, -0.2) is 9.38 Å². The Morgan fingerprint density at radius 3 is 2.60 bits per heavy atom. The number of benzene rings is 1. The quantitative estimate of drug-likeness (QED) is 0.239. The molecule has 0 aliphatic carbocycles. The molecule has 180 valence electrons. The molecule has 0 bridgehead atoms. The number of aromatic nitrogens is 3. The Morgan fingerprint density at radius 2 is 1.97 bits per heavy atom. The van der Waals surface area contributed by atoms with E-state index in [9.17, 15) is 22.4 Å². The number of hydrogen-bond acceptors (Lipinski definition) is 3. The fourth-order valence-corrected chi connectivity index (χ4v) is 5.01. The molecule has 1 atom stereocenters. The van der Waals surface area contributed by atoms with Gasteiger partial charge in [0.1, 0.15) is 17.7 Å². The van der Waals surface area contributed by atoms with Crippen LogP contribution in [0.25, 0.3) is 22.3 Å². The van der Waals surface area contributed by atoms with E-state index in [4.69, 9.17) is 4.42 Å². The number of fused-ring (bicyclic) bond motifs is 4. The molecule has 0 spiro atoms. The summed E-state index contributed by atoms with van der Waals surface area (Å²) in [5.74, 6) is -3.52. The number of halogens is 5. The number of rotatable bonds is 2. The minimum absolute atomic E-state index is 0.0918. The number of alkyl halides is 3. The minimum atomic E-state index is -5.27. The highest BCUT2D eigenvalue weighted by Crippen LogP contribution is 2.47. The van der Waals surface area contributed by atoms with Crippen molar-refractivity contribution in [2.24, 2.45) is 0 Å². The summed E-state index contributed by atoms with van der Waals surface area (Å²) in [5.41, 5.74) is -3.28. The van der Waals surface area contributed by atoms with Crippen LogP contribution in [0.3, 0.4) is 0 Å². The van der Waals surface area contributed by atoms with Crippen LogP contribution in [0, 0.1) is 25.5 Å². The second-order valence-corrected chi connectivity index (χ2v) is 8.53. The second-order valence-electron chi connectivity index (χ2n) is 8.53. The smallest absolute Gasteiger partial charge is 0.403 e. The van der Waals surface area contributed by atoms with Crippen molar-refractivity contribution in [3.05, 3.63) is 93.4 Å². The van der Waals surface area contributed by atoms with Crippen molar-refractivity contribution in [2.75, 3.05) is 0 Å². The maximum absolute atomic E-state index is 15.7. The fourth-order valence-electron chi connectivity index (χ4n) is 5.01. The average Bonchev–Trinajstić information content (AvgIpc) is 3.31. The summed E-state index contributed by atoms with van der Waals surface area (Å²) in [4.78, 5) is 16.8. The van der Waals surface area contributed by atoms with Crippen molar-refractivity contribution in [2.45, 2.75) is 38.9 Å². The van der Waals surface area contributed by atoms with Gasteiger partial charge in [0.05, 0.1) is 16.8 Å². The lowest BCUT2D eigenvalue weighted by atomic mass is 9.76. The summed E-state index contributed by atoms with van der Waals surface area (Å²) in [6.45, 7) is 9.03. The molecule has 5 rings (SSSR count). The molecule has 3 aromatic heterocycles. The number of nitrogens with zero attached hydrogens (tertiary/aromatic N) is 3. The van der Waals surface area contributed by atoms with Crippen molar-refractivity contribution >= 4 is 11.1 Å². The first-order valence-electron chi connectivity index (χ1n) is 10.7. The molecule has 0 saturated carbocycles. The third-order valence-electron chi connectivity index (χ3n) is 6.64. The first-order valence-corrected chi connectivity index (χ1v) is 10.7. The zero-order valence-electron chi connectivity index (χ0n) is 18.9. The molecule has 10 heteroatoms. The van der Waals surface area contributed by atoms with Crippen LogP contribution < -0.4 is 15.7 Å². The van der Waals surface area contributed by atoms with Crippen LogP contribution in [-0.2, 0) is 11.7 Å². The Balaban J connectivity index is 2.11. The molecule has 35 heavy (non-hydrogen) atoms. The van der Waals surface area contributed by atoms with Gasteiger partial charge in [-0.2, -0.15) is 17.7 Å². The standard InChI is InChI=1S/C25H19F5N3O2/c1-5-24(6-2)18(22-32-11-31-13(4)21(32)23(34)35-22)14-10-15(26)19(25(28,29)30)20(27)17(14)16-9-12(3)7-8-33(16)24/h5,7-11H,1,6H2,2-4H3/q+1. The molecule has 1 aliphatic heterocycles. The van der Waals surface area contributed by atoms with Gasteiger partial charge in [-0.3, -0.25) is 4.40 Å². The number of imidazole rings is 1. The van der Waals surface area contributed by atoms with Crippen LogP contribution in [0.15, 0.2) is 52.6 Å². The SMILES string of the molecule is C=CC1(CC)C(=c2oc(=O)c3c(C)ncn23)c2cc(F)c(C(F)(F)F)c(F)c2-c2cc(C)cc[n+]21. The second kappa shape index (κ2) is 7.34.